The smallest absolute Gasteiger partial charge is 0.0723 e. The summed E-state index contributed by atoms with van der Waals surface area (Å²) < 4.78 is 4.76. The van der Waals surface area contributed by atoms with Gasteiger partial charge in [-0.15, -0.1) is 0 Å². The van der Waals surface area contributed by atoms with Crippen LogP contribution in [0.2, 0.25) is 0 Å². The lowest BCUT2D eigenvalue weighted by atomic mass is 9.99. The van der Waals surface area contributed by atoms with Crippen molar-refractivity contribution >= 4 is 56.0 Å². The average Bonchev–Trinajstić information content (AvgIpc) is 3.72. The molecule has 10 aromatic rings. The number of para-hydroxylation sites is 3. The number of nitrogens with zero attached hydrogens (tertiary/aromatic N) is 4. The fraction of sp³-hybridized carbons (Fsp3) is 0.0204. The summed E-state index contributed by atoms with van der Waals surface area (Å²) >= 11 is 0. The van der Waals surface area contributed by atoms with Gasteiger partial charge in [0.15, 0.2) is 0 Å². The van der Waals surface area contributed by atoms with E-state index in [1.807, 2.05) is 18.3 Å². The van der Waals surface area contributed by atoms with Gasteiger partial charge in [0.25, 0.3) is 0 Å². The maximum Gasteiger partial charge on any atom is 0.0723 e. The molecule has 0 saturated heterocycles. The van der Waals surface area contributed by atoms with Gasteiger partial charge in [-0.05, 0) is 102 Å². The fourth-order valence-corrected chi connectivity index (χ4v) is 8.12. The van der Waals surface area contributed by atoms with Crippen LogP contribution < -0.4 is 0 Å². The van der Waals surface area contributed by atoms with E-state index >= 15 is 0 Å². The fourth-order valence-electron chi connectivity index (χ4n) is 8.12. The number of aromatic nitrogens is 3. The Hall–Kier alpha value is -7.04. The Labute approximate surface area is 307 Å². The Bertz CT molecular complexity index is 3010. The van der Waals surface area contributed by atoms with E-state index in [-0.39, 0.29) is 0 Å². The van der Waals surface area contributed by atoms with E-state index in [9.17, 15) is 0 Å². The second-order valence-electron chi connectivity index (χ2n) is 13.6. The first-order valence-electron chi connectivity index (χ1n) is 17.9. The highest BCUT2D eigenvalue weighted by molar-refractivity contribution is 6.18. The van der Waals surface area contributed by atoms with Gasteiger partial charge >= 0.3 is 0 Å². The molecule has 4 heteroatoms. The molecule has 0 radical (unpaired) electrons. The van der Waals surface area contributed by atoms with Crippen LogP contribution in [0.1, 0.15) is 5.56 Å². The topological polar surface area (TPSA) is 35.1 Å². The minimum atomic E-state index is 0.869. The minimum Gasteiger partial charge on any atom is -0.309 e. The Balaban J connectivity index is 1.18. The number of fused-ring (bicyclic) bond motifs is 6. The molecule has 0 aliphatic carbocycles. The standard InChI is InChI=1S/C49H34N4/c1-32-41-29-35(23-27-46(41)52(37-15-7-4-8-16-37)48(32)39-17-9-11-19-44(39)50-2)36-24-28-47-42(30-36)43-31-51-45-20-12-10-18-40(45)49(43)53(47)38-25-21-34(22-26-38)33-13-5-3-6-14-33/h3-31H,2H2,1H3. The zero-order chi connectivity index (χ0) is 35.5. The molecule has 0 fully saturated rings. The van der Waals surface area contributed by atoms with E-state index in [0.29, 0.717) is 0 Å². The quantitative estimate of drug-likeness (QED) is 0.161. The van der Waals surface area contributed by atoms with Crippen molar-refractivity contribution in [1.82, 2.24) is 14.1 Å². The van der Waals surface area contributed by atoms with Crippen molar-refractivity contribution in [3.63, 3.8) is 0 Å². The van der Waals surface area contributed by atoms with E-state index in [2.05, 4.69) is 185 Å². The van der Waals surface area contributed by atoms with Crippen molar-refractivity contribution in [2.24, 2.45) is 4.99 Å². The summed E-state index contributed by atoms with van der Waals surface area (Å²) in [6.45, 7) is 6.11. The summed E-state index contributed by atoms with van der Waals surface area (Å²) in [6.07, 6.45) is 2.04. The molecular weight excluding hydrogens is 645 g/mol. The van der Waals surface area contributed by atoms with Crippen LogP contribution in [0.3, 0.4) is 0 Å². The number of aryl methyl sites for hydroxylation is 1. The Kier molecular flexibility index (Phi) is 7.15. The highest BCUT2D eigenvalue weighted by Crippen LogP contribution is 2.42. The molecule has 0 spiro atoms. The Morgan fingerprint density at radius 3 is 1.83 bits per heavy atom. The largest absolute Gasteiger partial charge is 0.309 e. The minimum absolute atomic E-state index is 0.869. The summed E-state index contributed by atoms with van der Waals surface area (Å²) in [5.41, 5.74) is 15.7. The van der Waals surface area contributed by atoms with Gasteiger partial charge in [0.1, 0.15) is 0 Å². The molecule has 7 aromatic carbocycles. The third-order valence-corrected chi connectivity index (χ3v) is 10.6. The van der Waals surface area contributed by atoms with E-state index in [4.69, 9.17) is 4.98 Å². The van der Waals surface area contributed by atoms with Gasteiger partial charge in [0, 0.05) is 44.7 Å². The molecule has 3 heterocycles. The Morgan fingerprint density at radius 1 is 0.491 bits per heavy atom. The van der Waals surface area contributed by atoms with Crippen molar-refractivity contribution in [2.75, 3.05) is 0 Å². The summed E-state index contributed by atoms with van der Waals surface area (Å²) in [6, 6.07) is 60.4. The number of benzene rings is 7. The van der Waals surface area contributed by atoms with Gasteiger partial charge in [0.2, 0.25) is 0 Å². The van der Waals surface area contributed by atoms with Crippen LogP contribution in [0, 0.1) is 6.92 Å². The lowest BCUT2D eigenvalue weighted by Gasteiger charge is -2.13. The monoisotopic (exact) mass is 678 g/mol. The molecule has 250 valence electrons. The molecule has 53 heavy (non-hydrogen) atoms. The molecular formula is C49H34N4. The lowest BCUT2D eigenvalue weighted by Crippen LogP contribution is -1.97. The summed E-state index contributed by atoms with van der Waals surface area (Å²) in [4.78, 5) is 9.33. The average molecular weight is 679 g/mol. The molecule has 10 rings (SSSR count). The van der Waals surface area contributed by atoms with E-state index in [0.717, 1.165) is 66.8 Å². The summed E-state index contributed by atoms with van der Waals surface area (Å²) in [5, 5.41) is 4.65. The van der Waals surface area contributed by atoms with Crippen LogP contribution in [0.15, 0.2) is 181 Å². The first-order valence-corrected chi connectivity index (χ1v) is 17.9. The zero-order valence-electron chi connectivity index (χ0n) is 29.2. The molecule has 0 aliphatic rings. The highest BCUT2D eigenvalue weighted by Gasteiger charge is 2.21. The first kappa shape index (κ1) is 30.8. The predicted molar refractivity (Wildman–Crippen MR) is 223 cm³/mol. The number of hydrogen-bond acceptors (Lipinski definition) is 2. The van der Waals surface area contributed by atoms with Gasteiger partial charge < -0.3 is 9.13 Å². The van der Waals surface area contributed by atoms with Gasteiger partial charge in [-0.1, -0.05) is 109 Å². The second kappa shape index (κ2) is 12.3. The van der Waals surface area contributed by atoms with Gasteiger partial charge in [-0.25, -0.2) is 0 Å². The van der Waals surface area contributed by atoms with Crippen molar-refractivity contribution in [3.8, 4) is 44.9 Å². The lowest BCUT2D eigenvalue weighted by molar-refractivity contribution is 1.12. The normalized spacial score (nSPS) is 11.6. The van der Waals surface area contributed by atoms with Crippen LogP contribution in [-0.2, 0) is 0 Å². The van der Waals surface area contributed by atoms with Crippen LogP contribution in [0.25, 0.3) is 88.5 Å². The van der Waals surface area contributed by atoms with Crippen LogP contribution in [0.5, 0.6) is 0 Å². The molecule has 0 aliphatic heterocycles. The van der Waals surface area contributed by atoms with Crippen molar-refractivity contribution in [1.29, 1.82) is 0 Å². The molecule has 0 unspecified atom stereocenters. The number of rotatable bonds is 6. The van der Waals surface area contributed by atoms with Crippen molar-refractivity contribution in [3.05, 3.63) is 182 Å². The molecule has 0 saturated carbocycles. The van der Waals surface area contributed by atoms with E-state index in [1.165, 1.54) is 33.0 Å². The third kappa shape index (κ3) is 4.91. The van der Waals surface area contributed by atoms with Crippen LogP contribution in [-0.4, -0.2) is 20.8 Å². The SMILES string of the molecule is C=Nc1ccccc1-c1c(C)c2cc(-c3ccc4c(c3)c3cnc5ccccc5c3n4-c3ccc(-c4ccccc4)cc3)ccc2n1-c1ccccc1. The van der Waals surface area contributed by atoms with Crippen molar-refractivity contribution < 1.29 is 0 Å². The zero-order valence-corrected chi connectivity index (χ0v) is 29.2. The maximum atomic E-state index is 4.93. The van der Waals surface area contributed by atoms with E-state index in [1.54, 1.807) is 0 Å². The molecule has 0 bridgehead atoms. The molecule has 3 aromatic heterocycles. The molecule has 0 N–H and O–H groups in total. The van der Waals surface area contributed by atoms with Gasteiger partial charge in [-0.2, -0.15) is 0 Å². The maximum absolute atomic E-state index is 4.93. The second-order valence-corrected chi connectivity index (χ2v) is 13.6. The van der Waals surface area contributed by atoms with E-state index < -0.39 is 0 Å². The predicted octanol–water partition coefficient (Wildman–Crippen LogP) is 12.9. The summed E-state index contributed by atoms with van der Waals surface area (Å²) in [5.74, 6) is 0. The number of hydrogen-bond donors (Lipinski definition) is 0. The third-order valence-electron chi connectivity index (χ3n) is 10.6. The summed E-state index contributed by atoms with van der Waals surface area (Å²) in [7, 11) is 0. The first-order chi connectivity index (χ1) is 26.2. The van der Waals surface area contributed by atoms with Crippen molar-refractivity contribution in [2.45, 2.75) is 6.92 Å². The molecule has 4 nitrogen and oxygen atoms in total. The van der Waals surface area contributed by atoms with Crippen LogP contribution in [0.4, 0.5) is 5.69 Å². The molecule has 0 amide bonds. The Morgan fingerprint density at radius 2 is 1.08 bits per heavy atom. The number of pyridine rings is 1. The molecule has 0 atom stereocenters. The van der Waals surface area contributed by atoms with Crippen LogP contribution >= 0.6 is 0 Å². The van der Waals surface area contributed by atoms with Gasteiger partial charge in [0.05, 0.1) is 33.4 Å². The number of aliphatic imine (C=N–C) groups is 1. The van der Waals surface area contributed by atoms with Gasteiger partial charge in [-0.3, -0.25) is 9.98 Å². The highest BCUT2D eigenvalue weighted by atomic mass is 15.0.